The second kappa shape index (κ2) is 10.1. The molecule has 10 rings (SSSR count). The summed E-state index contributed by atoms with van der Waals surface area (Å²) < 4.78 is 15.3. The summed E-state index contributed by atoms with van der Waals surface area (Å²) in [6.07, 6.45) is 0. The first-order valence-corrected chi connectivity index (χ1v) is 15.8. The molecule has 0 aliphatic rings. The van der Waals surface area contributed by atoms with E-state index < -0.39 is 0 Å². The van der Waals surface area contributed by atoms with Crippen LogP contribution in [-0.2, 0) is 0 Å². The number of hydrogen-bond donors (Lipinski definition) is 0. The van der Waals surface area contributed by atoms with Crippen molar-refractivity contribution in [3.8, 4) is 39.3 Å². The van der Waals surface area contributed by atoms with Gasteiger partial charge in [-0.3, -0.25) is 4.57 Å². The molecule has 10 aromatic rings. The van der Waals surface area contributed by atoms with Crippen molar-refractivity contribution in [3.05, 3.63) is 158 Å². The SMILES string of the molecule is c1ccc(-c2nc3ccccc3n2-c2ccc(-c3ccc(-c4c5oc6ccccc6c5cc5c4oc4ccccc45)cc3)cc2)cc1. The summed E-state index contributed by atoms with van der Waals surface area (Å²) in [5, 5.41) is 4.40. The van der Waals surface area contributed by atoms with Crippen molar-refractivity contribution < 1.29 is 8.83 Å². The Morgan fingerprint density at radius 1 is 0.426 bits per heavy atom. The molecule has 47 heavy (non-hydrogen) atoms. The van der Waals surface area contributed by atoms with E-state index in [1.807, 2.05) is 36.4 Å². The minimum atomic E-state index is 0.844. The summed E-state index contributed by atoms with van der Waals surface area (Å²) in [6.45, 7) is 0. The second-order valence-electron chi connectivity index (χ2n) is 12.0. The van der Waals surface area contributed by atoms with Crippen molar-refractivity contribution in [1.82, 2.24) is 9.55 Å². The van der Waals surface area contributed by atoms with Gasteiger partial charge >= 0.3 is 0 Å². The van der Waals surface area contributed by atoms with E-state index in [1.165, 1.54) is 0 Å². The lowest BCUT2D eigenvalue weighted by molar-refractivity contribution is 0.658. The number of aromatic nitrogens is 2. The van der Waals surface area contributed by atoms with Crippen LogP contribution in [0.5, 0.6) is 0 Å². The fourth-order valence-electron chi connectivity index (χ4n) is 7.00. The van der Waals surface area contributed by atoms with E-state index in [9.17, 15) is 0 Å². The summed E-state index contributed by atoms with van der Waals surface area (Å²) in [4.78, 5) is 5.00. The maximum atomic E-state index is 6.51. The zero-order valence-electron chi connectivity index (χ0n) is 25.2. The number of furan rings is 2. The Bertz CT molecular complexity index is 2680. The Morgan fingerprint density at radius 3 is 1.62 bits per heavy atom. The van der Waals surface area contributed by atoms with Gasteiger partial charge in [-0.15, -0.1) is 0 Å². The van der Waals surface area contributed by atoms with Gasteiger partial charge in [-0.2, -0.15) is 0 Å². The number of hydrogen-bond acceptors (Lipinski definition) is 3. The summed E-state index contributed by atoms with van der Waals surface area (Å²) in [6, 6.07) is 54.8. The number of fused-ring (bicyclic) bond motifs is 7. The van der Waals surface area contributed by atoms with Gasteiger partial charge in [0.15, 0.2) is 0 Å². The van der Waals surface area contributed by atoms with E-state index in [0.717, 1.165) is 94.2 Å². The van der Waals surface area contributed by atoms with Crippen molar-refractivity contribution in [2.75, 3.05) is 0 Å². The van der Waals surface area contributed by atoms with E-state index in [1.54, 1.807) is 0 Å². The molecule has 0 saturated carbocycles. The van der Waals surface area contributed by atoms with Crippen LogP contribution in [0.2, 0.25) is 0 Å². The Labute approximate surface area is 269 Å². The highest BCUT2D eigenvalue weighted by Gasteiger charge is 2.21. The quantitative estimate of drug-likeness (QED) is 0.201. The lowest BCUT2D eigenvalue weighted by atomic mass is 9.96. The fraction of sp³-hybridized carbons (Fsp3) is 0. The number of para-hydroxylation sites is 4. The third-order valence-corrected chi connectivity index (χ3v) is 9.24. The van der Waals surface area contributed by atoms with Crippen LogP contribution in [0.25, 0.3) is 94.2 Å². The van der Waals surface area contributed by atoms with Gasteiger partial charge < -0.3 is 8.83 Å². The highest BCUT2D eigenvalue weighted by molar-refractivity contribution is 6.22. The van der Waals surface area contributed by atoms with Gasteiger partial charge in [-0.05, 0) is 59.2 Å². The zero-order chi connectivity index (χ0) is 30.9. The Balaban J connectivity index is 1.08. The van der Waals surface area contributed by atoms with E-state index in [0.29, 0.717) is 0 Å². The minimum Gasteiger partial charge on any atom is -0.455 e. The highest BCUT2D eigenvalue weighted by Crippen LogP contribution is 2.44. The number of imidazole rings is 1. The fourth-order valence-corrected chi connectivity index (χ4v) is 7.00. The smallest absolute Gasteiger partial charge is 0.147 e. The van der Waals surface area contributed by atoms with Crippen LogP contribution in [-0.4, -0.2) is 9.55 Å². The Morgan fingerprint density at radius 2 is 0.957 bits per heavy atom. The molecule has 0 aliphatic carbocycles. The van der Waals surface area contributed by atoms with E-state index in [4.69, 9.17) is 13.8 Å². The number of benzene rings is 7. The van der Waals surface area contributed by atoms with Crippen LogP contribution in [0.1, 0.15) is 0 Å². The monoisotopic (exact) mass is 602 g/mol. The van der Waals surface area contributed by atoms with Gasteiger partial charge in [-0.1, -0.05) is 115 Å². The molecular formula is C43H26N2O2. The minimum absolute atomic E-state index is 0.844. The lowest BCUT2D eigenvalue weighted by Crippen LogP contribution is -1.97. The van der Waals surface area contributed by atoms with Gasteiger partial charge in [-0.25, -0.2) is 4.98 Å². The standard InChI is InChI=1S/C43H26N2O2/c1-2-10-30(11-3-1)43-44-36-14-6-7-15-37(36)45(43)31-24-22-28(23-25-31)27-18-20-29(21-19-27)40-41-34(32-12-4-8-16-38(32)46-41)26-35-33-13-5-9-17-39(33)47-42(35)40/h1-26H. The normalized spacial score (nSPS) is 11.8. The topological polar surface area (TPSA) is 44.1 Å². The van der Waals surface area contributed by atoms with E-state index >= 15 is 0 Å². The molecule has 0 atom stereocenters. The summed E-state index contributed by atoms with van der Waals surface area (Å²) >= 11 is 0. The lowest BCUT2D eigenvalue weighted by Gasteiger charge is -2.11. The molecule has 0 aliphatic heterocycles. The maximum Gasteiger partial charge on any atom is 0.147 e. The third-order valence-electron chi connectivity index (χ3n) is 9.24. The van der Waals surface area contributed by atoms with Crippen LogP contribution in [0.15, 0.2) is 167 Å². The van der Waals surface area contributed by atoms with Crippen molar-refractivity contribution >= 4 is 54.9 Å². The predicted molar refractivity (Wildman–Crippen MR) is 192 cm³/mol. The van der Waals surface area contributed by atoms with Crippen LogP contribution >= 0.6 is 0 Å². The Hall–Kier alpha value is -6.39. The Kier molecular flexibility index (Phi) is 5.54. The molecule has 0 unspecified atom stereocenters. The summed E-state index contributed by atoms with van der Waals surface area (Å²) in [5.41, 5.74) is 12.0. The summed E-state index contributed by atoms with van der Waals surface area (Å²) in [5.74, 6) is 0.931. The number of nitrogens with zero attached hydrogens (tertiary/aromatic N) is 2. The molecule has 220 valence electrons. The molecule has 3 aromatic heterocycles. The maximum absolute atomic E-state index is 6.51. The van der Waals surface area contributed by atoms with Gasteiger partial charge in [0.25, 0.3) is 0 Å². The number of rotatable bonds is 4. The van der Waals surface area contributed by atoms with E-state index in [2.05, 4.69) is 126 Å². The molecule has 0 N–H and O–H groups in total. The first-order chi connectivity index (χ1) is 23.3. The van der Waals surface area contributed by atoms with Gasteiger partial charge in [0.1, 0.15) is 28.2 Å². The van der Waals surface area contributed by atoms with Crippen LogP contribution in [0, 0.1) is 0 Å². The van der Waals surface area contributed by atoms with Gasteiger partial charge in [0, 0.05) is 32.8 Å². The molecule has 7 aromatic carbocycles. The molecular weight excluding hydrogens is 576 g/mol. The molecule has 0 fully saturated rings. The first-order valence-electron chi connectivity index (χ1n) is 15.8. The molecule has 0 spiro atoms. The van der Waals surface area contributed by atoms with Gasteiger partial charge in [0.05, 0.1) is 16.6 Å². The zero-order valence-corrected chi connectivity index (χ0v) is 25.2. The first kappa shape index (κ1) is 25.9. The van der Waals surface area contributed by atoms with E-state index in [-0.39, 0.29) is 0 Å². The molecule has 0 bridgehead atoms. The van der Waals surface area contributed by atoms with Crippen LogP contribution in [0.3, 0.4) is 0 Å². The van der Waals surface area contributed by atoms with Crippen molar-refractivity contribution in [3.63, 3.8) is 0 Å². The average molecular weight is 603 g/mol. The largest absolute Gasteiger partial charge is 0.455 e. The molecule has 0 saturated heterocycles. The summed E-state index contributed by atoms with van der Waals surface area (Å²) in [7, 11) is 0. The van der Waals surface area contributed by atoms with Crippen LogP contribution < -0.4 is 0 Å². The third kappa shape index (κ3) is 3.98. The molecule has 4 heteroatoms. The van der Waals surface area contributed by atoms with Crippen molar-refractivity contribution in [2.24, 2.45) is 0 Å². The molecule has 3 heterocycles. The molecule has 4 nitrogen and oxygen atoms in total. The second-order valence-corrected chi connectivity index (χ2v) is 12.0. The molecule has 0 amide bonds. The van der Waals surface area contributed by atoms with Crippen molar-refractivity contribution in [1.29, 1.82) is 0 Å². The van der Waals surface area contributed by atoms with Crippen LogP contribution in [0.4, 0.5) is 0 Å². The van der Waals surface area contributed by atoms with Gasteiger partial charge in [0.2, 0.25) is 0 Å². The average Bonchev–Trinajstić information content (AvgIpc) is 3.83. The predicted octanol–water partition coefficient (Wildman–Crippen LogP) is 11.8. The molecule has 0 radical (unpaired) electrons. The van der Waals surface area contributed by atoms with Crippen molar-refractivity contribution in [2.45, 2.75) is 0 Å². The highest BCUT2D eigenvalue weighted by atomic mass is 16.3.